The molecule has 3 rings (SSSR count). The second-order valence-corrected chi connectivity index (χ2v) is 4.81. The average molecular weight is 268 g/mol. The van der Waals surface area contributed by atoms with Crippen LogP contribution < -0.4 is 0 Å². The first-order valence-corrected chi connectivity index (χ1v) is 6.66. The molecule has 2 heterocycles. The number of aromatic nitrogens is 2. The van der Waals surface area contributed by atoms with Gasteiger partial charge in [-0.15, -0.1) is 0 Å². The van der Waals surface area contributed by atoms with Crippen LogP contribution in [0, 0.1) is 11.3 Å². The largest absolute Gasteiger partial charge is 0.371 e. The molecule has 1 saturated heterocycles. The van der Waals surface area contributed by atoms with E-state index in [9.17, 15) is 0 Å². The molecule has 1 aliphatic rings. The number of hydrogen-bond acceptors (Lipinski definition) is 4. The summed E-state index contributed by atoms with van der Waals surface area (Å²) in [4.78, 5) is 6.17. The van der Waals surface area contributed by atoms with Crippen molar-refractivity contribution in [1.82, 2.24) is 14.5 Å². The van der Waals surface area contributed by atoms with Crippen LogP contribution in [0.2, 0.25) is 0 Å². The lowest BCUT2D eigenvalue weighted by atomic mass is 10.1. The maximum Gasteiger partial charge on any atom is 0.0991 e. The van der Waals surface area contributed by atoms with Gasteiger partial charge in [0.05, 0.1) is 31.7 Å². The molecule has 5 heteroatoms. The number of benzene rings is 1. The zero-order valence-corrected chi connectivity index (χ0v) is 11.1. The van der Waals surface area contributed by atoms with Crippen molar-refractivity contribution in [1.29, 1.82) is 5.26 Å². The Morgan fingerprint density at radius 3 is 2.90 bits per heavy atom. The molecule has 5 nitrogen and oxygen atoms in total. The first-order valence-electron chi connectivity index (χ1n) is 6.66. The van der Waals surface area contributed by atoms with E-state index in [-0.39, 0.29) is 6.10 Å². The van der Waals surface area contributed by atoms with Crippen LogP contribution in [-0.4, -0.2) is 40.7 Å². The molecule has 1 aromatic carbocycles. The molecule has 0 spiro atoms. The van der Waals surface area contributed by atoms with Crippen molar-refractivity contribution in [2.24, 2.45) is 0 Å². The Bertz CT molecular complexity index is 585. The minimum atomic E-state index is 0.0499. The summed E-state index contributed by atoms with van der Waals surface area (Å²) in [6, 6.07) is 10.5. The summed E-state index contributed by atoms with van der Waals surface area (Å²) in [5, 5.41) is 8.78. The predicted octanol–water partition coefficient (Wildman–Crippen LogP) is 1.77. The van der Waals surface area contributed by atoms with Gasteiger partial charge in [-0.2, -0.15) is 5.26 Å². The van der Waals surface area contributed by atoms with Crippen molar-refractivity contribution < 1.29 is 4.74 Å². The third-order valence-electron chi connectivity index (χ3n) is 3.51. The SMILES string of the molecule is N#CCN1CCOC(c2ccc(-n3ccnc3)cc2)C1. The summed E-state index contributed by atoms with van der Waals surface area (Å²) in [7, 11) is 0. The van der Waals surface area contributed by atoms with Gasteiger partial charge >= 0.3 is 0 Å². The molecule has 1 aliphatic heterocycles. The van der Waals surface area contributed by atoms with Crippen molar-refractivity contribution in [3.63, 3.8) is 0 Å². The van der Waals surface area contributed by atoms with E-state index in [0.29, 0.717) is 13.2 Å². The highest BCUT2D eigenvalue weighted by Crippen LogP contribution is 2.23. The number of rotatable bonds is 3. The average Bonchev–Trinajstić information content (AvgIpc) is 3.02. The van der Waals surface area contributed by atoms with Gasteiger partial charge in [0, 0.05) is 31.2 Å². The van der Waals surface area contributed by atoms with E-state index in [1.807, 2.05) is 10.8 Å². The van der Waals surface area contributed by atoms with E-state index in [2.05, 4.69) is 40.2 Å². The van der Waals surface area contributed by atoms with Gasteiger partial charge in [0.25, 0.3) is 0 Å². The monoisotopic (exact) mass is 268 g/mol. The summed E-state index contributed by atoms with van der Waals surface area (Å²) in [6.45, 7) is 2.75. The highest BCUT2D eigenvalue weighted by atomic mass is 16.5. The third-order valence-corrected chi connectivity index (χ3v) is 3.51. The standard InChI is InChI=1S/C15H16N4O/c16-5-7-18-9-10-20-15(11-18)13-1-3-14(4-2-13)19-8-6-17-12-19/h1-4,6,8,12,15H,7,9-11H2. The minimum Gasteiger partial charge on any atom is -0.371 e. The molecule has 0 bridgehead atoms. The van der Waals surface area contributed by atoms with Gasteiger partial charge in [-0.05, 0) is 17.7 Å². The fourth-order valence-corrected chi connectivity index (χ4v) is 2.42. The molecule has 0 radical (unpaired) electrons. The van der Waals surface area contributed by atoms with Gasteiger partial charge in [0.15, 0.2) is 0 Å². The molecule has 0 amide bonds. The maximum absolute atomic E-state index is 8.78. The van der Waals surface area contributed by atoms with Crippen LogP contribution in [0.3, 0.4) is 0 Å². The van der Waals surface area contributed by atoms with E-state index in [1.165, 1.54) is 0 Å². The molecule has 2 aromatic rings. The molecule has 20 heavy (non-hydrogen) atoms. The number of nitriles is 1. The van der Waals surface area contributed by atoms with Crippen molar-refractivity contribution >= 4 is 0 Å². The Labute approximate surface area is 118 Å². The number of hydrogen-bond donors (Lipinski definition) is 0. The third kappa shape index (κ3) is 2.72. The van der Waals surface area contributed by atoms with Crippen LogP contribution >= 0.6 is 0 Å². The summed E-state index contributed by atoms with van der Waals surface area (Å²) >= 11 is 0. The van der Waals surface area contributed by atoms with Crippen molar-refractivity contribution in [2.45, 2.75) is 6.10 Å². The van der Waals surface area contributed by atoms with Gasteiger partial charge in [-0.3, -0.25) is 4.90 Å². The lowest BCUT2D eigenvalue weighted by Crippen LogP contribution is -2.38. The summed E-state index contributed by atoms with van der Waals surface area (Å²) < 4.78 is 7.77. The Hall–Kier alpha value is -2.16. The quantitative estimate of drug-likeness (QED) is 0.796. The second-order valence-electron chi connectivity index (χ2n) is 4.81. The molecular weight excluding hydrogens is 252 g/mol. The van der Waals surface area contributed by atoms with Gasteiger partial charge in [-0.25, -0.2) is 4.98 Å². The number of imidazole rings is 1. The van der Waals surface area contributed by atoms with E-state index >= 15 is 0 Å². The smallest absolute Gasteiger partial charge is 0.0991 e. The molecule has 102 valence electrons. The highest BCUT2D eigenvalue weighted by Gasteiger charge is 2.21. The molecule has 1 fully saturated rings. The summed E-state index contributed by atoms with van der Waals surface area (Å²) in [5.41, 5.74) is 2.23. The topological polar surface area (TPSA) is 54.1 Å². The van der Waals surface area contributed by atoms with Crippen LogP contribution in [-0.2, 0) is 4.74 Å². The van der Waals surface area contributed by atoms with Crippen molar-refractivity contribution in [2.75, 3.05) is 26.2 Å². The Balaban J connectivity index is 1.73. The number of ether oxygens (including phenoxy) is 1. The molecule has 0 N–H and O–H groups in total. The minimum absolute atomic E-state index is 0.0499. The molecule has 0 aliphatic carbocycles. The lowest BCUT2D eigenvalue weighted by Gasteiger charge is -2.31. The normalized spacial score (nSPS) is 19.6. The van der Waals surface area contributed by atoms with Crippen LogP contribution in [0.1, 0.15) is 11.7 Å². The van der Waals surface area contributed by atoms with Gasteiger partial charge in [-0.1, -0.05) is 12.1 Å². The first kappa shape index (κ1) is 12.9. The van der Waals surface area contributed by atoms with E-state index in [0.717, 1.165) is 24.3 Å². The predicted molar refractivity (Wildman–Crippen MR) is 74.3 cm³/mol. The maximum atomic E-state index is 8.78. The highest BCUT2D eigenvalue weighted by molar-refractivity contribution is 5.35. The molecule has 0 saturated carbocycles. The second kappa shape index (κ2) is 5.87. The first-order chi connectivity index (χ1) is 9.86. The fraction of sp³-hybridized carbons (Fsp3) is 0.333. The van der Waals surface area contributed by atoms with Crippen LogP contribution in [0.5, 0.6) is 0 Å². The van der Waals surface area contributed by atoms with Crippen molar-refractivity contribution in [3.8, 4) is 11.8 Å². The van der Waals surface area contributed by atoms with E-state index in [4.69, 9.17) is 10.00 Å². The lowest BCUT2D eigenvalue weighted by molar-refractivity contribution is -0.0255. The van der Waals surface area contributed by atoms with Gasteiger partial charge < -0.3 is 9.30 Å². The van der Waals surface area contributed by atoms with Gasteiger partial charge in [0.2, 0.25) is 0 Å². The van der Waals surface area contributed by atoms with E-state index < -0.39 is 0 Å². The van der Waals surface area contributed by atoms with Crippen LogP contribution in [0.4, 0.5) is 0 Å². The van der Waals surface area contributed by atoms with Crippen LogP contribution in [0.15, 0.2) is 43.0 Å². The number of nitrogens with zero attached hydrogens (tertiary/aromatic N) is 4. The molecule has 1 aromatic heterocycles. The van der Waals surface area contributed by atoms with Crippen LogP contribution in [0.25, 0.3) is 5.69 Å². The molecular formula is C15H16N4O. The summed E-state index contributed by atoms with van der Waals surface area (Å²) in [6.07, 6.45) is 5.51. The Kier molecular flexibility index (Phi) is 3.77. The molecule has 1 atom stereocenters. The molecule has 1 unspecified atom stereocenters. The Morgan fingerprint density at radius 1 is 1.35 bits per heavy atom. The van der Waals surface area contributed by atoms with Crippen molar-refractivity contribution in [3.05, 3.63) is 48.5 Å². The Morgan fingerprint density at radius 2 is 2.20 bits per heavy atom. The zero-order chi connectivity index (χ0) is 13.8. The van der Waals surface area contributed by atoms with E-state index in [1.54, 1.807) is 12.5 Å². The summed E-state index contributed by atoms with van der Waals surface area (Å²) in [5.74, 6) is 0. The fourth-order valence-electron chi connectivity index (χ4n) is 2.42. The number of morpholine rings is 1. The van der Waals surface area contributed by atoms with Gasteiger partial charge in [0.1, 0.15) is 0 Å². The zero-order valence-electron chi connectivity index (χ0n) is 11.1.